The molecule has 0 bridgehead atoms. The summed E-state index contributed by atoms with van der Waals surface area (Å²) in [5.41, 5.74) is 0.125. The van der Waals surface area contributed by atoms with Crippen LogP contribution in [0.5, 0.6) is 0 Å². The number of oxime groups is 1. The Bertz CT molecular complexity index is 407. The van der Waals surface area contributed by atoms with Gasteiger partial charge in [0.25, 0.3) is 0 Å². The van der Waals surface area contributed by atoms with E-state index in [1.807, 2.05) is 0 Å². The summed E-state index contributed by atoms with van der Waals surface area (Å²) in [4.78, 5) is 0. The lowest BCUT2D eigenvalue weighted by Crippen LogP contribution is -2.19. The standard InChI is InChI=1S/C12H13F2NO2/c1-2-9(7-13)17-8-12(15-16)10-5-3-4-6-11(10)14/h2-6,9,16H,1,7-8H2. The molecule has 0 amide bonds. The molecule has 0 aliphatic carbocycles. The molecular formula is C12H13F2NO2. The van der Waals surface area contributed by atoms with Gasteiger partial charge in [-0.3, -0.25) is 0 Å². The first kappa shape index (κ1) is 13.3. The van der Waals surface area contributed by atoms with E-state index in [4.69, 9.17) is 9.94 Å². The Labute approximate surface area is 98.0 Å². The maximum Gasteiger partial charge on any atom is 0.132 e. The van der Waals surface area contributed by atoms with Crippen molar-refractivity contribution in [2.45, 2.75) is 6.10 Å². The summed E-state index contributed by atoms with van der Waals surface area (Å²) in [6, 6.07) is 5.80. The average molecular weight is 241 g/mol. The summed E-state index contributed by atoms with van der Waals surface area (Å²) in [7, 11) is 0. The predicted octanol–water partition coefficient (Wildman–Crippen LogP) is 2.54. The van der Waals surface area contributed by atoms with E-state index in [0.29, 0.717) is 0 Å². The number of benzene rings is 1. The third-order valence-corrected chi connectivity index (χ3v) is 2.15. The smallest absolute Gasteiger partial charge is 0.132 e. The highest BCUT2D eigenvalue weighted by atomic mass is 19.1. The van der Waals surface area contributed by atoms with Gasteiger partial charge in [-0.25, -0.2) is 8.78 Å². The van der Waals surface area contributed by atoms with Gasteiger partial charge >= 0.3 is 0 Å². The first-order valence-corrected chi connectivity index (χ1v) is 4.98. The van der Waals surface area contributed by atoms with Crippen LogP contribution in [0.3, 0.4) is 0 Å². The van der Waals surface area contributed by atoms with E-state index in [-0.39, 0.29) is 17.9 Å². The highest BCUT2D eigenvalue weighted by Gasteiger charge is 2.12. The molecule has 0 aliphatic heterocycles. The lowest BCUT2D eigenvalue weighted by atomic mass is 10.1. The molecule has 1 aromatic carbocycles. The van der Waals surface area contributed by atoms with Crippen LogP contribution in [0.2, 0.25) is 0 Å². The van der Waals surface area contributed by atoms with Gasteiger partial charge in [0, 0.05) is 5.56 Å². The fraction of sp³-hybridized carbons (Fsp3) is 0.250. The normalized spacial score (nSPS) is 13.4. The van der Waals surface area contributed by atoms with E-state index in [1.165, 1.54) is 24.3 Å². The van der Waals surface area contributed by atoms with Crippen LogP contribution < -0.4 is 0 Å². The van der Waals surface area contributed by atoms with Gasteiger partial charge in [-0.2, -0.15) is 0 Å². The van der Waals surface area contributed by atoms with E-state index in [9.17, 15) is 8.78 Å². The van der Waals surface area contributed by atoms with Gasteiger partial charge in [-0.05, 0) is 12.1 Å². The van der Waals surface area contributed by atoms with Crippen LogP contribution in [0.25, 0.3) is 0 Å². The number of nitrogens with zero attached hydrogens (tertiary/aromatic N) is 1. The molecular weight excluding hydrogens is 228 g/mol. The summed E-state index contributed by atoms with van der Waals surface area (Å²) in [5, 5.41) is 11.7. The zero-order valence-corrected chi connectivity index (χ0v) is 9.14. The Morgan fingerprint density at radius 3 is 2.76 bits per heavy atom. The summed E-state index contributed by atoms with van der Waals surface area (Å²) < 4.78 is 30.7. The zero-order valence-electron chi connectivity index (χ0n) is 9.14. The third-order valence-electron chi connectivity index (χ3n) is 2.15. The molecule has 0 aromatic heterocycles. The SMILES string of the molecule is C=CC(CF)OCC(=NO)c1ccccc1F. The molecule has 92 valence electrons. The number of halogens is 2. The molecule has 0 saturated carbocycles. The van der Waals surface area contributed by atoms with Crippen molar-refractivity contribution in [3.63, 3.8) is 0 Å². The Hall–Kier alpha value is -1.75. The zero-order chi connectivity index (χ0) is 12.7. The maximum absolute atomic E-state index is 13.4. The van der Waals surface area contributed by atoms with Crippen LogP contribution in [0, 0.1) is 5.82 Å². The van der Waals surface area contributed by atoms with Gasteiger partial charge in [0.1, 0.15) is 24.3 Å². The molecule has 0 aliphatic rings. The van der Waals surface area contributed by atoms with Crippen molar-refractivity contribution < 1.29 is 18.7 Å². The van der Waals surface area contributed by atoms with Gasteiger partial charge < -0.3 is 9.94 Å². The number of hydrogen-bond donors (Lipinski definition) is 1. The minimum atomic E-state index is -0.793. The van der Waals surface area contributed by atoms with Crippen LogP contribution in [-0.2, 0) is 4.74 Å². The molecule has 0 heterocycles. The molecule has 17 heavy (non-hydrogen) atoms. The van der Waals surface area contributed by atoms with Crippen molar-refractivity contribution in [3.05, 3.63) is 48.3 Å². The van der Waals surface area contributed by atoms with Crippen LogP contribution in [0.15, 0.2) is 42.1 Å². The van der Waals surface area contributed by atoms with Crippen molar-refractivity contribution in [3.8, 4) is 0 Å². The third kappa shape index (κ3) is 3.64. The molecule has 1 atom stereocenters. The topological polar surface area (TPSA) is 41.8 Å². The summed E-state index contributed by atoms with van der Waals surface area (Å²) in [6.45, 7) is 2.45. The van der Waals surface area contributed by atoms with Crippen molar-refractivity contribution >= 4 is 5.71 Å². The van der Waals surface area contributed by atoms with Crippen molar-refractivity contribution in [1.82, 2.24) is 0 Å². The quantitative estimate of drug-likeness (QED) is 0.360. The number of alkyl halides is 1. The van der Waals surface area contributed by atoms with E-state index >= 15 is 0 Å². The Kier molecular flexibility index (Phi) is 5.29. The molecule has 5 heteroatoms. The van der Waals surface area contributed by atoms with Crippen molar-refractivity contribution in [2.24, 2.45) is 5.16 Å². The molecule has 1 unspecified atom stereocenters. The maximum atomic E-state index is 13.4. The van der Waals surface area contributed by atoms with Crippen LogP contribution in [-0.4, -0.2) is 30.3 Å². The summed E-state index contributed by atoms with van der Waals surface area (Å²) >= 11 is 0. The molecule has 0 fully saturated rings. The minimum Gasteiger partial charge on any atom is -0.411 e. The van der Waals surface area contributed by atoms with Gasteiger partial charge in [0.2, 0.25) is 0 Å². The largest absolute Gasteiger partial charge is 0.411 e. The molecule has 1 aromatic rings. The first-order valence-electron chi connectivity index (χ1n) is 4.98. The van der Waals surface area contributed by atoms with Crippen molar-refractivity contribution in [2.75, 3.05) is 13.3 Å². The van der Waals surface area contributed by atoms with Gasteiger partial charge in [-0.1, -0.05) is 23.4 Å². The molecule has 0 saturated heterocycles. The van der Waals surface area contributed by atoms with Gasteiger partial charge in [0.05, 0.1) is 6.61 Å². The van der Waals surface area contributed by atoms with E-state index in [2.05, 4.69) is 11.7 Å². The number of ether oxygens (including phenoxy) is 1. The summed E-state index contributed by atoms with van der Waals surface area (Å²) in [6.07, 6.45) is 0.495. The highest BCUT2D eigenvalue weighted by Crippen LogP contribution is 2.09. The van der Waals surface area contributed by atoms with E-state index in [1.54, 1.807) is 6.07 Å². The molecule has 0 spiro atoms. The highest BCUT2D eigenvalue weighted by molar-refractivity contribution is 6.01. The van der Waals surface area contributed by atoms with Crippen LogP contribution in [0.4, 0.5) is 8.78 Å². The second kappa shape index (κ2) is 6.75. The Morgan fingerprint density at radius 2 is 2.24 bits per heavy atom. The van der Waals surface area contributed by atoms with E-state index in [0.717, 1.165) is 0 Å². The Balaban J connectivity index is 2.74. The fourth-order valence-corrected chi connectivity index (χ4v) is 1.22. The average Bonchev–Trinajstić information content (AvgIpc) is 2.36. The van der Waals surface area contributed by atoms with Gasteiger partial charge in [-0.15, -0.1) is 6.58 Å². The second-order valence-electron chi connectivity index (χ2n) is 3.27. The predicted molar refractivity (Wildman–Crippen MR) is 60.6 cm³/mol. The lowest BCUT2D eigenvalue weighted by molar-refractivity contribution is 0.0944. The van der Waals surface area contributed by atoms with Crippen molar-refractivity contribution in [1.29, 1.82) is 0 Å². The molecule has 0 radical (unpaired) electrons. The fourth-order valence-electron chi connectivity index (χ4n) is 1.22. The first-order chi connectivity index (χ1) is 8.22. The second-order valence-corrected chi connectivity index (χ2v) is 3.27. The van der Waals surface area contributed by atoms with Crippen LogP contribution in [0.1, 0.15) is 5.56 Å². The lowest BCUT2D eigenvalue weighted by Gasteiger charge is -2.11. The minimum absolute atomic E-state index is 0.00315. The monoisotopic (exact) mass is 241 g/mol. The molecule has 1 rings (SSSR count). The summed E-state index contributed by atoms with van der Waals surface area (Å²) in [5.74, 6) is -0.528. The number of hydrogen-bond acceptors (Lipinski definition) is 3. The number of rotatable bonds is 6. The van der Waals surface area contributed by atoms with E-state index < -0.39 is 18.6 Å². The Morgan fingerprint density at radius 1 is 1.53 bits per heavy atom. The van der Waals surface area contributed by atoms with Gasteiger partial charge in [0.15, 0.2) is 0 Å². The van der Waals surface area contributed by atoms with Crippen LogP contribution >= 0.6 is 0 Å². The molecule has 1 N–H and O–H groups in total. The molecule has 3 nitrogen and oxygen atoms in total.